The summed E-state index contributed by atoms with van der Waals surface area (Å²) in [6.45, 7) is 13.2. The first kappa shape index (κ1) is 34.6. The van der Waals surface area contributed by atoms with Crippen molar-refractivity contribution in [1.29, 1.82) is 0 Å². The van der Waals surface area contributed by atoms with Gasteiger partial charge in [-0.1, -0.05) is 95.9 Å². The van der Waals surface area contributed by atoms with Crippen molar-refractivity contribution in [2.45, 2.75) is 131 Å². The van der Waals surface area contributed by atoms with E-state index < -0.39 is 0 Å². The molecule has 7 rings (SSSR count). The first-order valence-corrected chi connectivity index (χ1v) is 20.1. The molecule has 3 aromatic rings. The Labute approximate surface area is 296 Å². The molecule has 0 aromatic heterocycles. The topological polar surface area (TPSA) is 35.5 Å². The van der Waals surface area contributed by atoms with Crippen LogP contribution in [0.3, 0.4) is 0 Å². The maximum Gasteiger partial charge on any atom is 0.306 e. The molecule has 49 heavy (non-hydrogen) atoms. The normalized spacial score (nSPS) is 31.6. The van der Waals surface area contributed by atoms with Crippen LogP contribution in [0.15, 0.2) is 66.2 Å². The molecule has 0 heterocycles. The molecule has 264 valence electrons. The summed E-state index contributed by atoms with van der Waals surface area (Å²) >= 11 is 0. The van der Waals surface area contributed by atoms with Crippen LogP contribution in [-0.2, 0) is 9.53 Å². The Morgan fingerprint density at radius 1 is 0.816 bits per heavy atom. The van der Waals surface area contributed by atoms with Crippen LogP contribution in [-0.4, -0.2) is 18.7 Å². The lowest BCUT2D eigenvalue weighted by molar-refractivity contribution is -0.151. The van der Waals surface area contributed by atoms with Crippen LogP contribution in [0, 0.1) is 46.3 Å². The van der Waals surface area contributed by atoms with Gasteiger partial charge in [0.05, 0.1) is 6.61 Å². The number of benzene rings is 3. The fourth-order valence-corrected chi connectivity index (χ4v) is 11.6. The number of carbonyl (C=O) groups excluding carboxylic acids is 1. The standard InChI is InChI=1S/C46H62O3/c1-31(2)11-10-12-32(3)41-20-21-42-40-19-17-37-30-39(22-24-45(37,4)43(40)23-25-46(41,42)5)49-44(47)15-8-9-26-48-38-18-16-35-27-33-13-6-7-14-34(33)28-36(35)29-38/h6-7,13-14,16-18,27-29,31-32,39-43H,8-12,15,19-26,30H2,1-5H3/t32-,39+,40+,41-,42+,43+,45+,46-/m1/s1. The Balaban J connectivity index is 0.870. The summed E-state index contributed by atoms with van der Waals surface area (Å²) in [7, 11) is 0. The second-order valence-electron chi connectivity index (χ2n) is 17.7. The third-order valence-electron chi connectivity index (χ3n) is 14.3. The van der Waals surface area contributed by atoms with Crippen LogP contribution in [0.4, 0.5) is 0 Å². The number of ether oxygens (including phenoxy) is 2. The number of carbonyl (C=O) groups is 1. The largest absolute Gasteiger partial charge is 0.494 e. The van der Waals surface area contributed by atoms with E-state index in [2.05, 4.69) is 95.3 Å². The number of esters is 1. The van der Waals surface area contributed by atoms with Gasteiger partial charge in [-0.25, -0.2) is 0 Å². The highest BCUT2D eigenvalue weighted by Gasteiger charge is 2.59. The molecule has 3 nitrogen and oxygen atoms in total. The van der Waals surface area contributed by atoms with Gasteiger partial charge in [0.25, 0.3) is 0 Å². The second kappa shape index (κ2) is 14.4. The Bertz CT molecular complexity index is 1650. The van der Waals surface area contributed by atoms with E-state index in [0.29, 0.717) is 23.9 Å². The van der Waals surface area contributed by atoms with Crippen molar-refractivity contribution in [3.8, 4) is 5.75 Å². The minimum absolute atomic E-state index is 0.0339. The average Bonchev–Trinajstić information content (AvgIpc) is 3.44. The van der Waals surface area contributed by atoms with Crippen LogP contribution in [0.1, 0.15) is 125 Å². The van der Waals surface area contributed by atoms with E-state index in [-0.39, 0.29) is 12.1 Å². The van der Waals surface area contributed by atoms with E-state index in [9.17, 15) is 4.79 Å². The molecule has 0 unspecified atom stereocenters. The zero-order valence-corrected chi connectivity index (χ0v) is 31.1. The minimum Gasteiger partial charge on any atom is -0.494 e. The molecule has 4 aliphatic carbocycles. The van der Waals surface area contributed by atoms with Gasteiger partial charge in [-0.15, -0.1) is 0 Å². The van der Waals surface area contributed by atoms with E-state index in [0.717, 1.165) is 66.9 Å². The SMILES string of the molecule is CC(C)CCC[C@@H](C)[C@H]1CC[C@H]2[C@@H]3CC=C4C[C@@H](OC(=O)CCCCOc5ccc6cc7ccccc7cc6c5)CC[C@]4(C)[C@H]3CC[C@]12C. The first-order valence-electron chi connectivity index (χ1n) is 20.1. The monoisotopic (exact) mass is 662 g/mol. The molecule has 0 radical (unpaired) electrons. The Morgan fingerprint density at radius 3 is 2.39 bits per heavy atom. The van der Waals surface area contributed by atoms with Crippen molar-refractivity contribution in [3.05, 3.63) is 66.2 Å². The molecule has 0 bridgehead atoms. The summed E-state index contributed by atoms with van der Waals surface area (Å²) in [5.74, 6) is 5.99. The zero-order chi connectivity index (χ0) is 34.2. The molecule has 0 spiro atoms. The highest BCUT2D eigenvalue weighted by atomic mass is 16.5. The van der Waals surface area contributed by atoms with Crippen LogP contribution in [0.25, 0.3) is 21.5 Å². The predicted molar refractivity (Wildman–Crippen MR) is 204 cm³/mol. The van der Waals surface area contributed by atoms with Crippen LogP contribution >= 0.6 is 0 Å². The lowest BCUT2D eigenvalue weighted by atomic mass is 9.47. The zero-order valence-electron chi connectivity index (χ0n) is 31.1. The fourth-order valence-electron chi connectivity index (χ4n) is 11.6. The summed E-state index contributed by atoms with van der Waals surface area (Å²) < 4.78 is 12.2. The van der Waals surface area contributed by atoms with E-state index in [1.54, 1.807) is 5.57 Å². The van der Waals surface area contributed by atoms with Gasteiger partial charge in [0.1, 0.15) is 11.9 Å². The molecule has 3 heteroatoms. The summed E-state index contributed by atoms with van der Waals surface area (Å²) in [5.41, 5.74) is 2.43. The van der Waals surface area contributed by atoms with Gasteiger partial charge in [-0.2, -0.15) is 0 Å². The van der Waals surface area contributed by atoms with E-state index in [1.165, 1.54) is 79.3 Å². The molecule has 0 saturated heterocycles. The Hall–Kier alpha value is -2.81. The number of hydrogen-bond donors (Lipinski definition) is 0. The Morgan fingerprint density at radius 2 is 1.59 bits per heavy atom. The van der Waals surface area contributed by atoms with Crippen LogP contribution in [0.2, 0.25) is 0 Å². The smallest absolute Gasteiger partial charge is 0.306 e. The number of rotatable bonds is 12. The third kappa shape index (κ3) is 7.07. The van der Waals surface area contributed by atoms with E-state index in [1.807, 2.05) is 0 Å². The summed E-state index contributed by atoms with van der Waals surface area (Å²) in [5, 5.41) is 4.92. The molecular weight excluding hydrogens is 601 g/mol. The van der Waals surface area contributed by atoms with E-state index >= 15 is 0 Å². The highest BCUT2D eigenvalue weighted by Crippen LogP contribution is 2.67. The molecule has 0 aliphatic heterocycles. The molecule has 0 amide bonds. The van der Waals surface area contributed by atoms with Gasteiger partial charge in [-0.3, -0.25) is 4.79 Å². The highest BCUT2D eigenvalue weighted by molar-refractivity contribution is 5.98. The number of fused-ring (bicyclic) bond motifs is 7. The first-order chi connectivity index (χ1) is 23.6. The second-order valence-corrected chi connectivity index (χ2v) is 17.7. The molecule has 0 N–H and O–H groups in total. The van der Waals surface area contributed by atoms with Crippen molar-refractivity contribution in [2.75, 3.05) is 6.61 Å². The maximum absolute atomic E-state index is 12.9. The Kier molecular flexibility index (Phi) is 10.2. The number of hydrogen-bond acceptors (Lipinski definition) is 3. The molecular formula is C46H62O3. The molecule has 8 atom stereocenters. The van der Waals surface area contributed by atoms with Crippen molar-refractivity contribution in [3.63, 3.8) is 0 Å². The lowest BCUT2D eigenvalue weighted by Crippen LogP contribution is -2.51. The van der Waals surface area contributed by atoms with Gasteiger partial charge < -0.3 is 9.47 Å². The maximum atomic E-state index is 12.9. The predicted octanol–water partition coefficient (Wildman–Crippen LogP) is 12.5. The molecule has 4 aliphatic rings. The molecule has 3 saturated carbocycles. The fraction of sp³-hybridized carbons (Fsp3) is 0.630. The van der Waals surface area contributed by atoms with Crippen molar-refractivity contribution >= 4 is 27.5 Å². The summed E-state index contributed by atoms with van der Waals surface area (Å²) in [6.07, 6.45) is 19.1. The van der Waals surface area contributed by atoms with Gasteiger partial charge >= 0.3 is 5.97 Å². The van der Waals surface area contributed by atoms with Gasteiger partial charge in [0, 0.05) is 12.8 Å². The average molecular weight is 663 g/mol. The molecule has 3 fully saturated rings. The third-order valence-corrected chi connectivity index (χ3v) is 14.3. The van der Waals surface area contributed by atoms with Crippen LogP contribution in [0.5, 0.6) is 5.75 Å². The summed E-state index contributed by atoms with van der Waals surface area (Å²) in [6, 6.07) is 19.3. The van der Waals surface area contributed by atoms with Crippen molar-refractivity contribution in [2.24, 2.45) is 46.3 Å². The molecule has 3 aromatic carbocycles. The quantitative estimate of drug-likeness (QED) is 0.0838. The summed E-state index contributed by atoms with van der Waals surface area (Å²) in [4.78, 5) is 12.9. The number of allylic oxidation sites excluding steroid dienone is 1. The van der Waals surface area contributed by atoms with Gasteiger partial charge in [-0.05, 0) is 150 Å². The van der Waals surface area contributed by atoms with E-state index in [4.69, 9.17) is 9.47 Å². The van der Waals surface area contributed by atoms with Gasteiger partial charge in [0.15, 0.2) is 0 Å². The van der Waals surface area contributed by atoms with Crippen molar-refractivity contribution < 1.29 is 14.3 Å². The van der Waals surface area contributed by atoms with Crippen molar-refractivity contribution in [1.82, 2.24) is 0 Å². The van der Waals surface area contributed by atoms with Crippen LogP contribution < -0.4 is 4.74 Å². The minimum atomic E-state index is -0.0339. The lowest BCUT2D eigenvalue weighted by Gasteiger charge is -2.58. The number of unbranched alkanes of at least 4 members (excludes halogenated alkanes) is 1. The van der Waals surface area contributed by atoms with Gasteiger partial charge in [0.2, 0.25) is 0 Å².